The molecule has 1 saturated heterocycles. The van der Waals surface area contributed by atoms with Crippen molar-refractivity contribution in [2.75, 3.05) is 50.6 Å². The number of hydrogen-bond donors (Lipinski definition) is 1. The number of thioether (sulfide) groups is 1. The molecule has 3 aromatic rings. The van der Waals surface area contributed by atoms with E-state index < -0.39 is 0 Å². The fourth-order valence-corrected chi connectivity index (χ4v) is 4.30. The molecule has 7 nitrogen and oxygen atoms in total. The number of anilines is 1. The third-order valence-electron chi connectivity index (χ3n) is 5.34. The second-order valence-corrected chi connectivity index (χ2v) is 8.75. The lowest BCUT2D eigenvalue weighted by Gasteiger charge is -2.19. The normalized spacial score (nSPS) is 15.9. The Morgan fingerprint density at radius 1 is 1.09 bits per heavy atom. The van der Waals surface area contributed by atoms with Crippen LogP contribution in [0.1, 0.15) is 12.3 Å². The zero-order chi connectivity index (χ0) is 22.0. The van der Waals surface area contributed by atoms with Gasteiger partial charge < -0.3 is 24.1 Å². The van der Waals surface area contributed by atoms with Crippen LogP contribution in [0.2, 0.25) is 0 Å². The molecule has 170 valence electrons. The van der Waals surface area contributed by atoms with Gasteiger partial charge >= 0.3 is 0 Å². The largest absolute Gasteiger partial charge is 0.493 e. The van der Waals surface area contributed by atoms with E-state index >= 15 is 0 Å². The molecule has 8 heteroatoms. The summed E-state index contributed by atoms with van der Waals surface area (Å²) in [6.07, 6.45) is 1.15. The van der Waals surface area contributed by atoms with E-state index in [4.69, 9.17) is 13.9 Å². The van der Waals surface area contributed by atoms with Gasteiger partial charge in [-0.05, 0) is 42.8 Å². The summed E-state index contributed by atoms with van der Waals surface area (Å²) in [6.45, 7) is 4.36. The first kappa shape index (κ1) is 22.6. The molecule has 1 aliphatic heterocycles. The summed E-state index contributed by atoms with van der Waals surface area (Å²) in [5.74, 6) is 3.63. The van der Waals surface area contributed by atoms with Crippen molar-refractivity contribution in [1.82, 2.24) is 15.5 Å². The lowest BCUT2D eigenvalue weighted by molar-refractivity contribution is 0.196. The van der Waals surface area contributed by atoms with Gasteiger partial charge in [0.25, 0.3) is 0 Å². The number of rotatable bonds is 12. The van der Waals surface area contributed by atoms with Gasteiger partial charge in [0.15, 0.2) is 0 Å². The minimum Gasteiger partial charge on any atom is -0.493 e. The third-order valence-corrected chi connectivity index (χ3v) is 6.25. The second-order valence-electron chi connectivity index (χ2n) is 7.64. The van der Waals surface area contributed by atoms with E-state index in [0.29, 0.717) is 30.2 Å². The number of hydrogen-bond acceptors (Lipinski definition) is 8. The highest BCUT2D eigenvalue weighted by Crippen LogP contribution is 2.25. The molecular formula is C24H30N4O3S. The van der Waals surface area contributed by atoms with Crippen LogP contribution in [0.3, 0.4) is 0 Å². The van der Waals surface area contributed by atoms with Gasteiger partial charge in [-0.1, -0.05) is 18.2 Å². The number of benzene rings is 2. The Hall–Kier alpha value is -2.55. The third kappa shape index (κ3) is 6.48. The number of nitrogens with one attached hydrogen (secondary N) is 1. The molecule has 1 N–H and O–H groups in total. The summed E-state index contributed by atoms with van der Waals surface area (Å²) in [4.78, 5) is 2.40. The van der Waals surface area contributed by atoms with E-state index in [0.717, 1.165) is 49.7 Å². The molecule has 1 unspecified atom stereocenters. The monoisotopic (exact) mass is 454 g/mol. The van der Waals surface area contributed by atoms with Gasteiger partial charge in [-0.25, -0.2) is 0 Å². The number of nitrogens with zero attached hydrogens (tertiary/aromatic N) is 3. The van der Waals surface area contributed by atoms with E-state index in [9.17, 15) is 0 Å². The molecule has 1 fully saturated rings. The Morgan fingerprint density at radius 3 is 2.75 bits per heavy atom. The lowest BCUT2D eigenvalue weighted by Crippen LogP contribution is -2.34. The standard InChI is InChI=1S/C24H30N4O3S/c1-29-14-12-25-20-11-13-28(17-20)21-9-7-19(8-10-21)24-27-26-23(31-24)18-32-16-15-30-22-5-3-2-4-6-22/h2-10,20,25H,11-18H2,1H3. The first-order chi connectivity index (χ1) is 15.8. The molecule has 1 aromatic heterocycles. The first-order valence-electron chi connectivity index (χ1n) is 11.0. The van der Waals surface area contributed by atoms with Gasteiger partial charge in [-0.15, -0.1) is 22.0 Å². The molecule has 0 radical (unpaired) electrons. The van der Waals surface area contributed by atoms with Gasteiger partial charge in [0.2, 0.25) is 11.8 Å². The Balaban J connectivity index is 1.21. The fourth-order valence-electron chi connectivity index (χ4n) is 3.66. The van der Waals surface area contributed by atoms with Crippen molar-refractivity contribution in [2.45, 2.75) is 18.2 Å². The Labute approximate surface area is 193 Å². The van der Waals surface area contributed by atoms with E-state index in [1.807, 2.05) is 30.3 Å². The van der Waals surface area contributed by atoms with Crippen LogP contribution in [0.25, 0.3) is 11.5 Å². The predicted molar refractivity (Wildman–Crippen MR) is 128 cm³/mol. The van der Waals surface area contributed by atoms with E-state index in [-0.39, 0.29) is 0 Å². The second kappa shape index (κ2) is 11.9. The van der Waals surface area contributed by atoms with Gasteiger partial charge in [0, 0.05) is 49.8 Å². The summed E-state index contributed by atoms with van der Waals surface area (Å²) in [7, 11) is 1.73. The fraction of sp³-hybridized carbons (Fsp3) is 0.417. The summed E-state index contributed by atoms with van der Waals surface area (Å²) in [6, 6.07) is 18.7. The van der Waals surface area contributed by atoms with Crippen molar-refractivity contribution in [3.63, 3.8) is 0 Å². The molecule has 2 heterocycles. The molecular weight excluding hydrogens is 424 g/mol. The molecule has 0 saturated carbocycles. The zero-order valence-corrected chi connectivity index (χ0v) is 19.2. The molecule has 4 rings (SSSR count). The maximum atomic E-state index is 5.85. The van der Waals surface area contributed by atoms with Crippen LogP contribution in [-0.4, -0.2) is 61.9 Å². The highest BCUT2D eigenvalue weighted by atomic mass is 32.2. The maximum Gasteiger partial charge on any atom is 0.247 e. The zero-order valence-electron chi connectivity index (χ0n) is 18.4. The summed E-state index contributed by atoms with van der Waals surface area (Å²) < 4.78 is 16.7. The summed E-state index contributed by atoms with van der Waals surface area (Å²) in [5.41, 5.74) is 2.16. The Kier molecular flexibility index (Phi) is 8.42. The summed E-state index contributed by atoms with van der Waals surface area (Å²) in [5, 5.41) is 11.9. The minimum atomic E-state index is 0.513. The van der Waals surface area contributed by atoms with Crippen molar-refractivity contribution in [3.05, 3.63) is 60.5 Å². The van der Waals surface area contributed by atoms with Gasteiger partial charge in [0.05, 0.1) is 19.0 Å². The molecule has 0 spiro atoms. The molecule has 2 aromatic carbocycles. The highest BCUT2D eigenvalue weighted by Gasteiger charge is 2.22. The molecule has 1 atom stereocenters. The highest BCUT2D eigenvalue weighted by molar-refractivity contribution is 7.98. The van der Waals surface area contributed by atoms with Gasteiger partial charge in [-0.2, -0.15) is 0 Å². The van der Waals surface area contributed by atoms with Crippen molar-refractivity contribution < 1.29 is 13.9 Å². The smallest absolute Gasteiger partial charge is 0.247 e. The van der Waals surface area contributed by atoms with Crippen molar-refractivity contribution in [2.24, 2.45) is 0 Å². The van der Waals surface area contributed by atoms with Crippen LogP contribution in [0.5, 0.6) is 5.75 Å². The average molecular weight is 455 g/mol. The van der Waals surface area contributed by atoms with E-state index in [1.165, 1.54) is 5.69 Å². The van der Waals surface area contributed by atoms with E-state index in [2.05, 4.69) is 44.7 Å². The predicted octanol–water partition coefficient (Wildman–Crippen LogP) is 3.86. The van der Waals surface area contributed by atoms with Crippen molar-refractivity contribution in [3.8, 4) is 17.2 Å². The molecule has 32 heavy (non-hydrogen) atoms. The molecule has 0 aliphatic carbocycles. The number of para-hydroxylation sites is 1. The van der Waals surface area contributed by atoms with Crippen LogP contribution in [0.4, 0.5) is 5.69 Å². The average Bonchev–Trinajstić information content (AvgIpc) is 3.50. The summed E-state index contributed by atoms with van der Waals surface area (Å²) >= 11 is 1.72. The van der Waals surface area contributed by atoms with Crippen LogP contribution < -0.4 is 15.0 Å². The van der Waals surface area contributed by atoms with Crippen molar-refractivity contribution in [1.29, 1.82) is 0 Å². The first-order valence-corrected chi connectivity index (χ1v) is 12.1. The quantitative estimate of drug-likeness (QED) is 0.414. The van der Waals surface area contributed by atoms with Gasteiger partial charge in [0.1, 0.15) is 5.75 Å². The lowest BCUT2D eigenvalue weighted by atomic mass is 10.2. The molecule has 0 bridgehead atoms. The SMILES string of the molecule is COCCNC1CCN(c2ccc(-c3nnc(CSCCOc4ccccc4)o3)cc2)C1. The Bertz CT molecular complexity index is 936. The van der Waals surface area contributed by atoms with Gasteiger partial charge in [-0.3, -0.25) is 0 Å². The number of aromatic nitrogens is 2. The Morgan fingerprint density at radius 2 is 1.94 bits per heavy atom. The van der Waals surface area contributed by atoms with Crippen LogP contribution in [-0.2, 0) is 10.5 Å². The molecule has 1 aliphatic rings. The maximum absolute atomic E-state index is 5.85. The van der Waals surface area contributed by atoms with Crippen molar-refractivity contribution >= 4 is 17.4 Å². The number of ether oxygens (including phenoxy) is 2. The van der Waals surface area contributed by atoms with Crippen LogP contribution in [0, 0.1) is 0 Å². The van der Waals surface area contributed by atoms with Crippen LogP contribution >= 0.6 is 11.8 Å². The molecule has 0 amide bonds. The minimum absolute atomic E-state index is 0.513. The van der Waals surface area contributed by atoms with Crippen LogP contribution in [0.15, 0.2) is 59.0 Å². The van der Waals surface area contributed by atoms with E-state index in [1.54, 1.807) is 18.9 Å². The number of methoxy groups -OCH3 is 1. The topological polar surface area (TPSA) is 72.7 Å².